The van der Waals surface area contributed by atoms with Crippen LogP contribution >= 0.6 is 0 Å². The Kier molecular flexibility index (Phi) is 8.81. The number of fused-ring (bicyclic) bond motifs is 8. The molecule has 0 aliphatic carbocycles. The summed E-state index contributed by atoms with van der Waals surface area (Å²) in [5.41, 5.74) is 15.4. The number of hydrogen-bond donors (Lipinski definition) is 0. The Bertz CT molecular complexity index is 3890. The molecule has 0 saturated carbocycles. The molecule has 306 valence electrons. The molecule has 0 aliphatic rings. The van der Waals surface area contributed by atoms with Crippen molar-refractivity contribution in [2.24, 2.45) is 0 Å². The molecular weight excluding hydrogens is 801 g/mol. The fourth-order valence-corrected chi connectivity index (χ4v) is 9.82. The van der Waals surface area contributed by atoms with Gasteiger partial charge in [0.25, 0.3) is 0 Å². The van der Waals surface area contributed by atoms with Crippen LogP contribution in [0.1, 0.15) is 0 Å². The van der Waals surface area contributed by atoms with Crippen LogP contribution in [0.2, 0.25) is 0 Å². The lowest BCUT2D eigenvalue weighted by Crippen LogP contribution is -1.94. The van der Waals surface area contributed by atoms with Crippen molar-refractivity contribution in [1.29, 1.82) is 0 Å². The molecule has 0 radical (unpaired) electrons. The molecule has 13 aromatic rings. The van der Waals surface area contributed by atoms with Crippen molar-refractivity contribution in [3.8, 4) is 67.2 Å². The summed E-state index contributed by atoms with van der Waals surface area (Å²) in [6.45, 7) is 0. The monoisotopic (exact) mass is 838 g/mol. The van der Waals surface area contributed by atoms with Crippen LogP contribution in [0.15, 0.2) is 231 Å². The second kappa shape index (κ2) is 15.4. The summed E-state index contributed by atoms with van der Waals surface area (Å²) < 4.78 is 0. The topological polar surface area (TPSA) is 51.6 Å². The van der Waals surface area contributed by atoms with Gasteiger partial charge in [-0.15, -0.1) is 0 Å². The Hall–Kier alpha value is -8.86. The van der Waals surface area contributed by atoms with Gasteiger partial charge in [0.1, 0.15) is 0 Å². The van der Waals surface area contributed by atoms with E-state index in [0.717, 1.165) is 105 Å². The zero-order valence-corrected chi connectivity index (χ0v) is 35.7. The van der Waals surface area contributed by atoms with E-state index in [9.17, 15) is 0 Å². The lowest BCUT2D eigenvalue weighted by molar-refractivity contribution is 1.32. The van der Waals surface area contributed by atoms with E-state index in [1.165, 1.54) is 26.9 Å². The minimum Gasteiger partial charge on any atom is -0.256 e. The average Bonchev–Trinajstić information content (AvgIpc) is 3.39. The number of hydrogen-bond acceptors (Lipinski definition) is 4. The summed E-state index contributed by atoms with van der Waals surface area (Å²) in [6, 6.07) is 77.9. The highest BCUT2D eigenvalue weighted by Crippen LogP contribution is 2.40. The van der Waals surface area contributed by atoms with E-state index in [0.29, 0.717) is 0 Å². The smallest absolute Gasteiger partial charge is 0.0788 e. The number of rotatable bonds is 6. The van der Waals surface area contributed by atoms with E-state index in [4.69, 9.17) is 19.9 Å². The van der Waals surface area contributed by atoms with Crippen molar-refractivity contribution in [3.63, 3.8) is 0 Å². The van der Waals surface area contributed by atoms with Crippen molar-refractivity contribution < 1.29 is 0 Å². The molecule has 0 bridgehead atoms. The van der Waals surface area contributed by atoms with Gasteiger partial charge in [0, 0.05) is 67.1 Å². The molecule has 0 aliphatic heterocycles. The van der Waals surface area contributed by atoms with Crippen molar-refractivity contribution in [3.05, 3.63) is 231 Å². The zero-order chi connectivity index (χ0) is 43.6. The third kappa shape index (κ3) is 6.46. The summed E-state index contributed by atoms with van der Waals surface area (Å²) in [5, 5.41) is 10.6. The number of nitrogens with zero attached hydrogens (tertiary/aromatic N) is 4. The molecule has 66 heavy (non-hydrogen) atoms. The van der Waals surface area contributed by atoms with Crippen LogP contribution in [-0.4, -0.2) is 19.9 Å². The van der Waals surface area contributed by atoms with Gasteiger partial charge in [0.05, 0.1) is 33.6 Å². The number of benzene rings is 9. The molecule has 0 fully saturated rings. The summed E-state index contributed by atoms with van der Waals surface area (Å²) in [5.74, 6) is 0. The third-order valence-corrected chi connectivity index (χ3v) is 13.1. The average molecular weight is 839 g/mol. The second-order valence-corrected chi connectivity index (χ2v) is 17.0. The highest BCUT2D eigenvalue weighted by atomic mass is 14.7. The van der Waals surface area contributed by atoms with Crippen LogP contribution in [-0.2, 0) is 0 Å². The van der Waals surface area contributed by atoms with E-state index in [1.54, 1.807) is 0 Å². The van der Waals surface area contributed by atoms with Crippen LogP contribution in [0.4, 0.5) is 0 Å². The van der Waals surface area contributed by atoms with Crippen molar-refractivity contribution >= 4 is 65.0 Å². The maximum Gasteiger partial charge on any atom is 0.0788 e. The lowest BCUT2D eigenvalue weighted by atomic mass is 9.93. The van der Waals surface area contributed by atoms with Gasteiger partial charge in [-0.25, -0.2) is 9.97 Å². The van der Waals surface area contributed by atoms with E-state index >= 15 is 0 Å². The third-order valence-electron chi connectivity index (χ3n) is 13.1. The van der Waals surface area contributed by atoms with Gasteiger partial charge in [0.15, 0.2) is 0 Å². The van der Waals surface area contributed by atoms with E-state index < -0.39 is 0 Å². The molecule has 0 N–H and O–H groups in total. The first-order valence-electron chi connectivity index (χ1n) is 22.3. The maximum absolute atomic E-state index is 5.53. The largest absolute Gasteiger partial charge is 0.256 e. The second-order valence-electron chi connectivity index (χ2n) is 17.0. The Morgan fingerprint density at radius 3 is 1.45 bits per heavy atom. The molecule has 0 saturated heterocycles. The Balaban J connectivity index is 0.981. The van der Waals surface area contributed by atoms with Gasteiger partial charge >= 0.3 is 0 Å². The Morgan fingerprint density at radius 1 is 0.273 bits per heavy atom. The predicted octanol–water partition coefficient (Wildman–Crippen LogP) is 16.2. The van der Waals surface area contributed by atoms with Crippen LogP contribution in [0, 0.1) is 0 Å². The quantitative estimate of drug-likeness (QED) is 0.157. The molecule has 0 spiro atoms. The first-order chi connectivity index (χ1) is 32.7. The SMILES string of the molecule is c1ccc2cc(-c3nc4cc(-c5cc(-c6ccc(-c7cccc8cccnc78)cc6)nc(-c6ccc(-c7cccc8cccnc78)cc6)c5)ccc4c4c3ccc3ccccc34)ccc2c1. The summed E-state index contributed by atoms with van der Waals surface area (Å²) in [4.78, 5) is 20.4. The van der Waals surface area contributed by atoms with Crippen LogP contribution in [0.25, 0.3) is 132 Å². The fourth-order valence-electron chi connectivity index (χ4n) is 9.82. The van der Waals surface area contributed by atoms with Gasteiger partial charge in [-0.3, -0.25) is 9.97 Å². The minimum atomic E-state index is 0.891. The predicted molar refractivity (Wildman–Crippen MR) is 275 cm³/mol. The van der Waals surface area contributed by atoms with Gasteiger partial charge in [-0.05, 0) is 80.2 Å². The molecular formula is C62H38N4. The summed E-state index contributed by atoms with van der Waals surface area (Å²) in [6.07, 6.45) is 3.72. The first-order valence-corrected chi connectivity index (χ1v) is 22.3. The fraction of sp³-hybridized carbons (Fsp3) is 0. The van der Waals surface area contributed by atoms with Gasteiger partial charge < -0.3 is 0 Å². The van der Waals surface area contributed by atoms with E-state index in [2.05, 4.69) is 206 Å². The molecule has 0 amide bonds. The molecule has 4 heterocycles. The molecule has 4 heteroatoms. The van der Waals surface area contributed by atoms with Gasteiger partial charge in [-0.2, -0.15) is 0 Å². The Morgan fingerprint density at radius 2 is 0.788 bits per heavy atom. The number of pyridine rings is 4. The van der Waals surface area contributed by atoms with Crippen LogP contribution < -0.4 is 0 Å². The van der Waals surface area contributed by atoms with Crippen LogP contribution in [0.5, 0.6) is 0 Å². The van der Waals surface area contributed by atoms with Crippen molar-refractivity contribution in [1.82, 2.24) is 19.9 Å². The molecule has 13 rings (SSSR count). The number of para-hydroxylation sites is 2. The molecule has 4 nitrogen and oxygen atoms in total. The van der Waals surface area contributed by atoms with Gasteiger partial charge in [-0.1, -0.05) is 182 Å². The lowest BCUT2D eigenvalue weighted by Gasteiger charge is -2.15. The van der Waals surface area contributed by atoms with E-state index in [1.807, 2.05) is 24.5 Å². The molecule has 4 aromatic heterocycles. The molecule has 0 atom stereocenters. The van der Waals surface area contributed by atoms with Crippen molar-refractivity contribution in [2.75, 3.05) is 0 Å². The van der Waals surface area contributed by atoms with E-state index in [-0.39, 0.29) is 0 Å². The minimum absolute atomic E-state index is 0.891. The molecule has 9 aromatic carbocycles. The maximum atomic E-state index is 5.53. The highest BCUT2D eigenvalue weighted by molar-refractivity contribution is 6.23. The first kappa shape index (κ1) is 37.7. The highest BCUT2D eigenvalue weighted by Gasteiger charge is 2.17. The van der Waals surface area contributed by atoms with Crippen LogP contribution in [0.3, 0.4) is 0 Å². The Labute approximate surface area is 381 Å². The summed E-state index contributed by atoms with van der Waals surface area (Å²) in [7, 11) is 0. The summed E-state index contributed by atoms with van der Waals surface area (Å²) >= 11 is 0. The molecule has 0 unspecified atom stereocenters. The van der Waals surface area contributed by atoms with Crippen molar-refractivity contribution in [2.45, 2.75) is 0 Å². The zero-order valence-electron chi connectivity index (χ0n) is 35.7. The normalized spacial score (nSPS) is 11.6. The standard InChI is InChI=1S/C62H38N4/c1-2-11-47-35-49(28-19-39(47)9-1)62-55-32-29-40-10-3-4-16-51(40)59(55)54-31-30-48(36-58(54)66-62)50-37-56(43-24-20-41(21-25-43)52-17-5-12-45-14-7-33-63-60(45)52)65-57(38-50)44-26-22-42(23-27-44)53-18-6-13-46-15-8-34-64-61(46)53/h1-38H. The number of aromatic nitrogens is 4. The van der Waals surface area contributed by atoms with Gasteiger partial charge in [0.2, 0.25) is 0 Å².